The Labute approximate surface area is 139 Å². The molecule has 0 unspecified atom stereocenters. The molecule has 0 bridgehead atoms. The molecule has 1 N–H and O–H groups in total. The number of aromatic nitrogens is 1. The van der Waals surface area contributed by atoms with E-state index in [-0.39, 0.29) is 24.9 Å². The molecular formula is C17H20N2O3S. The third kappa shape index (κ3) is 4.16. The molecule has 6 heteroatoms. The Kier molecular flexibility index (Phi) is 5.50. The van der Waals surface area contributed by atoms with Crippen LogP contribution in [0.15, 0.2) is 29.6 Å². The van der Waals surface area contributed by atoms with Gasteiger partial charge >= 0.3 is 5.97 Å². The first kappa shape index (κ1) is 17.1. The van der Waals surface area contributed by atoms with Crippen molar-refractivity contribution in [2.45, 2.75) is 33.2 Å². The second-order valence-corrected chi connectivity index (χ2v) is 6.45. The SMILES string of the molecule is Cc1ccccc1-c1nc(C(=O)N(CCC(=O)O)C(C)C)cs1. The van der Waals surface area contributed by atoms with Crippen molar-refractivity contribution in [1.82, 2.24) is 9.88 Å². The fourth-order valence-electron chi connectivity index (χ4n) is 2.27. The Morgan fingerprint density at radius 2 is 2.00 bits per heavy atom. The van der Waals surface area contributed by atoms with E-state index >= 15 is 0 Å². The minimum atomic E-state index is -0.915. The lowest BCUT2D eigenvalue weighted by atomic mass is 10.1. The van der Waals surface area contributed by atoms with Crippen LogP contribution < -0.4 is 0 Å². The highest BCUT2D eigenvalue weighted by Gasteiger charge is 2.22. The van der Waals surface area contributed by atoms with Gasteiger partial charge in [-0.2, -0.15) is 0 Å². The van der Waals surface area contributed by atoms with Gasteiger partial charge < -0.3 is 10.0 Å². The number of rotatable bonds is 6. The molecule has 0 spiro atoms. The molecule has 23 heavy (non-hydrogen) atoms. The topological polar surface area (TPSA) is 70.5 Å². The monoisotopic (exact) mass is 332 g/mol. The smallest absolute Gasteiger partial charge is 0.305 e. The van der Waals surface area contributed by atoms with Gasteiger partial charge in [0.25, 0.3) is 5.91 Å². The number of hydrogen-bond donors (Lipinski definition) is 1. The Bertz CT molecular complexity index is 709. The largest absolute Gasteiger partial charge is 0.481 e. The number of aryl methyl sites for hydroxylation is 1. The maximum atomic E-state index is 12.6. The van der Waals surface area contributed by atoms with Gasteiger partial charge in [0, 0.05) is 23.5 Å². The van der Waals surface area contributed by atoms with Gasteiger partial charge in [-0.3, -0.25) is 9.59 Å². The third-order valence-corrected chi connectivity index (χ3v) is 4.43. The van der Waals surface area contributed by atoms with Crippen LogP contribution in [0, 0.1) is 6.92 Å². The number of hydrogen-bond acceptors (Lipinski definition) is 4. The number of carboxylic acid groups (broad SMARTS) is 1. The lowest BCUT2D eigenvalue weighted by molar-refractivity contribution is -0.137. The highest BCUT2D eigenvalue weighted by Crippen LogP contribution is 2.27. The number of amides is 1. The van der Waals surface area contributed by atoms with Gasteiger partial charge in [0.05, 0.1) is 6.42 Å². The zero-order valence-electron chi connectivity index (χ0n) is 13.4. The zero-order valence-corrected chi connectivity index (χ0v) is 14.3. The quantitative estimate of drug-likeness (QED) is 0.879. The van der Waals surface area contributed by atoms with Gasteiger partial charge in [-0.25, -0.2) is 4.98 Å². The number of carbonyl (C=O) groups is 2. The van der Waals surface area contributed by atoms with E-state index < -0.39 is 5.97 Å². The minimum Gasteiger partial charge on any atom is -0.481 e. The highest BCUT2D eigenvalue weighted by atomic mass is 32.1. The summed E-state index contributed by atoms with van der Waals surface area (Å²) in [7, 11) is 0. The van der Waals surface area contributed by atoms with Crippen LogP contribution in [0.25, 0.3) is 10.6 Å². The van der Waals surface area contributed by atoms with Crippen molar-refractivity contribution in [3.8, 4) is 10.6 Å². The molecule has 5 nitrogen and oxygen atoms in total. The minimum absolute atomic E-state index is 0.0707. The van der Waals surface area contributed by atoms with Crippen LogP contribution in [0.5, 0.6) is 0 Å². The lowest BCUT2D eigenvalue weighted by Gasteiger charge is -2.25. The Balaban J connectivity index is 2.22. The van der Waals surface area contributed by atoms with Crippen LogP contribution in [0.1, 0.15) is 36.3 Å². The molecule has 2 aromatic rings. The summed E-state index contributed by atoms with van der Waals surface area (Å²) in [6, 6.07) is 7.81. The second-order valence-electron chi connectivity index (χ2n) is 5.59. The summed E-state index contributed by atoms with van der Waals surface area (Å²) < 4.78 is 0. The average Bonchev–Trinajstić information content (AvgIpc) is 2.96. The Morgan fingerprint density at radius 1 is 1.30 bits per heavy atom. The molecule has 1 amide bonds. The van der Waals surface area contributed by atoms with Crippen molar-refractivity contribution in [2.24, 2.45) is 0 Å². The van der Waals surface area contributed by atoms with E-state index in [1.807, 2.05) is 45.0 Å². The molecule has 0 aliphatic rings. The van der Waals surface area contributed by atoms with Crippen molar-refractivity contribution in [3.63, 3.8) is 0 Å². The summed E-state index contributed by atoms with van der Waals surface area (Å²) in [6.07, 6.45) is -0.0707. The number of carbonyl (C=O) groups excluding carboxylic acids is 1. The summed E-state index contributed by atoms with van der Waals surface area (Å²) >= 11 is 1.42. The molecule has 0 radical (unpaired) electrons. The van der Waals surface area contributed by atoms with Crippen LogP contribution in [-0.2, 0) is 4.79 Å². The van der Waals surface area contributed by atoms with E-state index in [0.717, 1.165) is 16.1 Å². The molecule has 0 atom stereocenters. The van der Waals surface area contributed by atoms with Crippen molar-refractivity contribution in [2.75, 3.05) is 6.54 Å². The second kappa shape index (κ2) is 7.37. The molecule has 1 aromatic heterocycles. The predicted octanol–water partition coefficient (Wildman–Crippen LogP) is 3.44. The molecule has 0 fully saturated rings. The van der Waals surface area contributed by atoms with Gasteiger partial charge in [0.15, 0.2) is 0 Å². The van der Waals surface area contributed by atoms with E-state index in [2.05, 4.69) is 4.98 Å². The highest BCUT2D eigenvalue weighted by molar-refractivity contribution is 7.13. The summed E-state index contributed by atoms with van der Waals surface area (Å²) in [5.74, 6) is -1.14. The van der Waals surface area contributed by atoms with Crippen molar-refractivity contribution < 1.29 is 14.7 Å². The van der Waals surface area contributed by atoms with Crippen LogP contribution in [0.3, 0.4) is 0 Å². The van der Waals surface area contributed by atoms with Crippen molar-refractivity contribution >= 4 is 23.2 Å². The van der Waals surface area contributed by atoms with E-state index in [4.69, 9.17) is 5.11 Å². The Hall–Kier alpha value is -2.21. The standard InChI is InChI=1S/C17H20N2O3S/c1-11(2)19(9-8-15(20)21)17(22)14-10-23-16(18-14)13-7-5-4-6-12(13)3/h4-7,10-11H,8-9H2,1-3H3,(H,20,21). The molecule has 0 aliphatic heterocycles. The third-order valence-electron chi connectivity index (χ3n) is 3.55. The van der Waals surface area contributed by atoms with E-state index in [9.17, 15) is 9.59 Å². The van der Waals surface area contributed by atoms with E-state index in [1.165, 1.54) is 11.3 Å². The van der Waals surface area contributed by atoms with E-state index in [1.54, 1.807) is 10.3 Å². The van der Waals surface area contributed by atoms with Crippen molar-refractivity contribution in [3.05, 3.63) is 40.9 Å². The van der Waals surface area contributed by atoms with E-state index in [0.29, 0.717) is 5.69 Å². The summed E-state index contributed by atoms with van der Waals surface area (Å²) in [5, 5.41) is 11.4. The molecule has 0 saturated carbocycles. The molecular weight excluding hydrogens is 312 g/mol. The Morgan fingerprint density at radius 3 is 2.61 bits per heavy atom. The predicted molar refractivity (Wildman–Crippen MR) is 90.7 cm³/mol. The summed E-state index contributed by atoms with van der Waals surface area (Å²) in [4.78, 5) is 29.4. The summed E-state index contributed by atoms with van der Waals surface area (Å²) in [5.41, 5.74) is 2.48. The molecule has 1 aromatic carbocycles. The molecule has 2 rings (SSSR count). The van der Waals surface area contributed by atoms with Gasteiger partial charge in [-0.1, -0.05) is 24.3 Å². The first-order valence-corrected chi connectivity index (χ1v) is 8.32. The number of aliphatic carboxylic acids is 1. The molecule has 122 valence electrons. The summed E-state index contributed by atoms with van der Waals surface area (Å²) in [6.45, 7) is 5.93. The average molecular weight is 332 g/mol. The van der Waals surface area contributed by atoms with Crippen molar-refractivity contribution in [1.29, 1.82) is 0 Å². The number of benzene rings is 1. The first-order valence-electron chi connectivity index (χ1n) is 7.44. The van der Waals surface area contributed by atoms with Gasteiger partial charge in [0.1, 0.15) is 10.7 Å². The van der Waals surface area contributed by atoms with Gasteiger partial charge in [-0.05, 0) is 26.3 Å². The molecule has 0 saturated heterocycles. The van der Waals surface area contributed by atoms with Crippen LogP contribution in [-0.4, -0.2) is 39.5 Å². The normalized spacial score (nSPS) is 10.8. The lowest BCUT2D eigenvalue weighted by Crippen LogP contribution is -2.38. The van der Waals surface area contributed by atoms with Crippen LogP contribution in [0.2, 0.25) is 0 Å². The molecule has 0 aliphatic carbocycles. The fraction of sp³-hybridized carbons (Fsp3) is 0.353. The van der Waals surface area contributed by atoms with Gasteiger partial charge in [0.2, 0.25) is 0 Å². The van der Waals surface area contributed by atoms with Crippen LogP contribution >= 0.6 is 11.3 Å². The maximum Gasteiger partial charge on any atom is 0.305 e. The maximum absolute atomic E-state index is 12.6. The zero-order chi connectivity index (χ0) is 17.0. The van der Waals surface area contributed by atoms with Crippen LogP contribution in [0.4, 0.5) is 0 Å². The number of thiazole rings is 1. The van der Waals surface area contributed by atoms with Gasteiger partial charge in [-0.15, -0.1) is 11.3 Å². The fourth-order valence-corrected chi connectivity index (χ4v) is 3.15. The molecule has 1 heterocycles. The first-order chi connectivity index (χ1) is 10.9. The number of nitrogens with zero attached hydrogens (tertiary/aromatic N) is 2. The number of carboxylic acids is 1.